The number of unbranched alkanes of at least 4 members (excludes halogenated alkanes) is 2. The van der Waals surface area contributed by atoms with E-state index < -0.39 is 0 Å². The van der Waals surface area contributed by atoms with Crippen LogP contribution in [-0.4, -0.2) is 22.8 Å². The Morgan fingerprint density at radius 3 is 2.47 bits per heavy atom. The van der Waals surface area contributed by atoms with Gasteiger partial charge in [-0.2, -0.15) is 0 Å². The molecule has 88 valence electrons. The van der Waals surface area contributed by atoms with Crippen molar-refractivity contribution in [2.45, 2.75) is 82.4 Å². The summed E-state index contributed by atoms with van der Waals surface area (Å²) in [5.74, 6) is 0. The monoisotopic (exact) mass is 211 g/mol. The molecule has 0 aromatic carbocycles. The Hall–Kier alpha value is -0.0800. The Kier molecular flexibility index (Phi) is 3.68. The number of rotatable bonds is 4. The quantitative estimate of drug-likeness (QED) is 0.701. The van der Waals surface area contributed by atoms with Gasteiger partial charge in [0.25, 0.3) is 0 Å². The number of nitrogens with one attached hydrogen (secondary N) is 1. The minimum atomic E-state index is -0.337. The minimum absolute atomic E-state index is 0.337. The maximum atomic E-state index is 10.6. The van der Waals surface area contributed by atoms with E-state index in [0.717, 1.165) is 19.3 Å². The fourth-order valence-corrected chi connectivity index (χ4v) is 3.34. The normalized spacial score (nSPS) is 40.4. The van der Waals surface area contributed by atoms with Gasteiger partial charge in [-0.25, -0.2) is 0 Å². The molecule has 2 bridgehead atoms. The summed E-state index contributed by atoms with van der Waals surface area (Å²) in [6, 6.07) is 1.20. The second-order valence-electron chi connectivity index (χ2n) is 5.58. The number of fused-ring (bicyclic) bond motifs is 2. The van der Waals surface area contributed by atoms with E-state index >= 15 is 0 Å². The molecular weight excluding hydrogens is 186 g/mol. The molecule has 0 saturated carbocycles. The fourth-order valence-electron chi connectivity index (χ4n) is 3.34. The van der Waals surface area contributed by atoms with Gasteiger partial charge in [0.1, 0.15) is 0 Å². The highest BCUT2D eigenvalue weighted by Crippen LogP contribution is 2.35. The molecule has 0 aromatic heterocycles. The van der Waals surface area contributed by atoms with Gasteiger partial charge < -0.3 is 10.4 Å². The van der Waals surface area contributed by atoms with Crippen LogP contribution in [0.2, 0.25) is 0 Å². The Morgan fingerprint density at radius 1 is 1.20 bits per heavy atom. The summed E-state index contributed by atoms with van der Waals surface area (Å²) in [4.78, 5) is 0. The molecule has 0 radical (unpaired) electrons. The van der Waals surface area contributed by atoms with E-state index in [0.29, 0.717) is 12.1 Å². The number of hydrogen-bond donors (Lipinski definition) is 2. The zero-order valence-corrected chi connectivity index (χ0v) is 9.97. The van der Waals surface area contributed by atoms with Crippen molar-refractivity contribution in [3.8, 4) is 0 Å². The molecule has 2 unspecified atom stereocenters. The van der Waals surface area contributed by atoms with E-state index in [1.165, 1.54) is 38.5 Å². The fraction of sp³-hybridized carbons (Fsp3) is 1.00. The highest BCUT2D eigenvalue weighted by atomic mass is 16.3. The van der Waals surface area contributed by atoms with Crippen LogP contribution >= 0.6 is 0 Å². The van der Waals surface area contributed by atoms with Gasteiger partial charge in [-0.05, 0) is 32.1 Å². The molecule has 2 atom stereocenters. The summed E-state index contributed by atoms with van der Waals surface area (Å²) in [5.41, 5.74) is -0.337. The summed E-state index contributed by atoms with van der Waals surface area (Å²) in [6.45, 7) is 2.22. The highest BCUT2D eigenvalue weighted by molar-refractivity contribution is 4.97. The molecule has 2 heterocycles. The van der Waals surface area contributed by atoms with Crippen LogP contribution in [0.4, 0.5) is 0 Å². The lowest BCUT2D eigenvalue weighted by molar-refractivity contribution is -0.0387. The molecule has 2 N–H and O–H groups in total. The average molecular weight is 211 g/mol. The molecule has 0 aromatic rings. The Bertz CT molecular complexity index is 193. The lowest BCUT2D eigenvalue weighted by Crippen LogP contribution is -2.55. The van der Waals surface area contributed by atoms with Crippen molar-refractivity contribution in [3.63, 3.8) is 0 Å². The van der Waals surface area contributed by atoms with Gasteiger partial charge in [0, 0.05) is 12.1 Å². The molecule has 2 fully saturated rings. The zero-order valence-electron chi connectivity index (χ0n) is 9.97. The van der Waals surface area contributed by atoms with Crippen LogP contribution in [0.25, 0.3) is 0 Å². The summed E-state index contributed by atoms with van der Waals surface area (Å²) >= 11 is 0. The van der Waals surface area contributed by atoms with Gasteiger partial charge in [0.2, 0.25) is 0 Å². The Labute approximate surface area is 93.5 Å². The predicted octanol–water partition coefficient (Wildman–Crippen LogP) is 2.60. The van der Waals surface area contributed by atoms with Crippen molar-refractivity contribution in [2.24, 2.45) is 0 Å². The first kappa shape index (κ1) is 11.4. The first-order valence-electron chi connectivity index (χ1n) is 6.70. The van der Waals surface area contributed by atoms with E-state index in [1.807, 2.05) is 0 Å². The third-order valence-corrected chi connectivity index (χ3v) is 4.07. The molecular formula is C13H25NO. The van der Waals surface area contributed by atoms with Crippen molar-refractivity contribution in [1.29, 1.82) is 0 Å². The van der Waals surface area contributed by atoms with E-state index in [4.69, 9.17) is 0 Å². The van der Waals surface area contributed by atoms with Gasteiger partial charge in [-0.1, -0.05) is 32.6 Å². The van der Waals surface area contributed by atoms with Crippen molar-refractivity contribution in [2.75, 3.05) is 0 Å². The van der Waals surface area contributed by atoms with Crippen molar-refractivity contribution in [1.82, 2.24) is 5.32 Å². The highest BCUT2D eigenvalue weighted by Gasteiger charge is 2.39. The summed E-state index contributed by atoms with van der Waals surface area (Å²) in [6.07, 6.45) is 10.6. The summed E-state index contributed by atoms with van der Waals surface area (Å²) in [5, 5.41) is 14.2. The molecule has 2 heteroatoms. The van der Waals surface area contributed by atoms with Crippen molar-refractivity contribution in [3.05, 3.63) is 0 Å². The standard InChI is InChI=1S/C13H25NO/c1-2-3-4-8-13(15)9-11-6-5-7-12(10-13)14-11/h11-12,14-15H,2-10H2,1H3. The lowest BCUT2D eigenvalue weighted by Gasteiger charge is -2.45. The lowest BCUT2D eigenvalue weighted by atomic mass is 9.75. The Morgan fingerprint density at radius 2 is 1.87 bits per heavy atom. The number of aliphatic hydroxyl groups is 1. The van der Waals surface area contributed by atoms with E-state index in [2.05, 4.69) is 12.2 Å². The van der Waals surface area contributed by atoms with Gasteiger partial charge in [0.15, 0.2) is 0 Å². The van der Waals surface area contributed by atoms with E-state index in [9.17, 15) is 5.11 Å². The molecule has 0 spiro atoms. The van der Waals surface area contributed by atoms with E-state index in [-0.39, 0.29) is 5.60 Å². The first-order chi connectivity index (χ1) is 7.22. The SMILES string of the molecule is CCCCCC1(O)CC2CCCC(C1)N2. The molecule has 2 aliphatic rings. The topological polar surface area (TPSA) is 32.3 Å². The first-order valence-corrected chi connectivity index (χ1v) is 6.70. The maximum Gasteiger partial charge on any atom is 0.0677 e. The van der Waals surface area contributed by atoms with Crippen LogP contribution in [0.5, 0.6) is 0 Å². The zero-order chi connectivity index (χ0) is 10.7. The maximum absolute atomic E-state index is 10.6. The molecule has 2 aliphatic heterocycles. The van der Waals surface area contributed by atoms with Gasteiger partial charge in [-0.3, -0.25) is 0 Å². The van der Waals surface area contributed by atoms with Crippen LogP contribution in [-0.2, 0) is 0 Å². The van der Waals surface area contributed by atoms with Gasteiger partial charge >= 0.3 is 0 Å². The second kappa shape index (κ2) is 4.84. The molecule has 2 rings (SSSR count). The molecule has 15 heavy (non-hydrogen) atoms. The predicted molar refractivity (Wildman–Crippen MR) is 62.9 cm³/mol. The molecule has 2 nitrogen and oxygen atoms in total. The van der Waals surface area contributed by atoms with Gasteiger partial charge in [-0.15, -0.1) is 0 Å². The second-order valence-corrected chi connectivity index (χ2v) is 5.58. The Balaban J connectivity index is 1.85. The molecule has 0 aliphatic carbocycles. The van der Waals surface area contributed by atoms with Crippen LogP contribution in [0.15, 0.2) is 0 Å². The third-order valence-electron chi connectivity index (χ3n) is 4.07. The van der Waals surface area contributed by atoms with Crippen LogP contribution in [0, 0.1) is 0 Å². The van der Waals surface area contributed by atoms with Crippen LogP contribution < -0.4 is 5.32 Å². The largest absolute Gasteiger partial charge is 0.390 e. The van der Waals surface area contributed by atoms with Crippen molar-refractivity contribution < 1.29 is 5.11 Å². The third kappa shape index (κ3) is 2.94. The average Bonchev–Trinajstić information content (AvgIpc) is 2.17. The van der Waals surface area contributed by atoms with Crippen molar-refractivity contribution >= 4 is 0 Å². The summed E-state index contributed by atoms with van der Waals surface area (Å²) in [7, 11) is 0. The molecule has 0 amide bonds. The minimum Gasteiger partial charge on any atom is -0.390 e. The van der Waals surface area contributed by atoms with Crippen LogP contribution in [0.3, 0.4) is 0 Å². The smallest absolute Gasteiger partial charge is 0.0677 e. The number of hydrogen-bond acceptors (Lipinski definition) is 2. The number of piperidine rings is 2. The van der Waals surface area contributed by atoms with Crippen LogP contribution in [0.1, 0.15) is 64.7 Å². The van der Waals surface area contributed by atoms with E-state index in [1.54, 1.807) is 0 Å². The molecule has 2 saturated heterocycles. The summed E-state index contributed by atoms with van der Waals surface area (Å²) < 4.78 is 0. The van der Waals surface area contributed by atoms with Gasteiger partial charge in [0.05, 0.1) is 5.60 Å².